The van der Waals surface area contributed by atoms with E-state index in [4.69, 9.17) is 4.74 Å². The van der Waals surface area contributed by atoms with Crippen LogP contribution in [0.3, 0.4) is 0 Å². The van der Waals surface area contributed by atoms with Crippen molar-refractivity contribution in [2.45, 2.75) is 13.8 Å². The first kappa shape index (κ1) is 19.3. The monoisotopic (exact) mass is 355 g/mol. The van der Waals surface area contributed by atoms with Gasteiger partial charge >= 0.3 is 0 Å². The van der Waals surface area contributed by atoms with Gasteiger partial charge in [0, 0.05) is 30.0 Å². The lowest BCUT2D eigenvalue weighted by molar-refractivity contribution is -0.114. The molecule has 138 valence electrons. The number of carbonyl (C=O) groups excluding carboxylic acids is 2. The molecule has 0 aliphatic heterocycles. The van der Waals surface area contributed by atoms with Crippen molar-refractivity contribution in [3.05, 3.63) is 54.1 Å². The Morgan fingerprint density at radius 2 is 1.50 bits per heavy atom. The quantitative estimate of drug-likeness (QED) is 0.763. The maximum absolute atomic E-state index is 12.3. The zero-order valence-corrected chi connectivity index (χ0v) is 15.4. The average Bonchev–Trinajstić information content (AvgIpc) is 2.68. The summed E-state index contributed by atoms with van der Waals surface area (Å²) in [4.78, 5) is 26.1. The van der Waals surface area contributed by atoms with Crippen LogP contribution in [0.2, 0.25) is 0 Å². The van der Waals surface area contributed by atoms with Gasteiger partial charge in [0.1, 0.15) is 5.75 Å². The molecular weight excluding hydrogens is 330 g/mol. The number of amides is 2. The molecule has 0 bridgehead atoms. The van der Waals surface area contributed by atoms with Gasteiger partial charge in [-0.1, -0.05) is 0 Å². The Morgan fingerprint density at radius 1 is 0.923 bits per heavy atom. The molecule has 0 radical (unpaired) electrons. The Bertz CT molecular complexity index is 723. The van der Waals surface area contributed by atoms with Crippen molar-refractivity contribution in [1.29, 1.82) is 0 Å². The van der Waals surface area contributed by atoms with Crippen molar-refractivity contribution in [3.8, 4) is 5.75 Å². The number of methoxy groups -OCH3 is 1. The molecule has 2 aromatic rings. The van der Waals surface area contributed by atoms with Crippen LogP contribution >= 0.6 is 0 Å². The number of carbonyl (C=O) groups is 2. The van der Waals surface area contributed by atoms with Crippen LogP contribution in [0.1, 0.15) is 24.2 Å². The summed E-state index contributed by atoms with van der Waals surface area (Å²) < 4.78 is 5.10. The highest BCUT2D eigenvalue weighted by molar-refractivity contribution is 5.96. The summed E-state index contributed by atoms with van der Waals surface area (Å²) in [6, 6.07) is 14.3. The number of benzene rings is 2. The lowest BCUT2D eigenvalue weighted by Crippen LogP contribution is -2.30. The van der Waals surface area contributed by atoms with E-state index in [9.17, 15) is 9.59 Å². The molecule has 0 unspecified atom stereocenters. The van der Waals surface area contributed by atoms with E-state index in [2.05, 4.69) is 10.6 Å². The largest absolute Gasteiger partial charge is 0.497 e. The zero-order chi connectivity index (χ0) is 18.9. The second-order valence-corrected chi connectivity index (χ2v) is 5.69. The smallest absolute Gasteiger partial charge is 0.253 e. The molecule has 0 aromatic heterocycles. The van der Waals surface area contributed by atoms with Crippen LogP contribution in [-0.4, -0.2) is 43.5 Å². The van der Waals surface area contributed by atoms with Crippen LogP contribution in [-0.2, 0) is 4.79 Å². The van der Waals surface area contributed by atoms with Crippen molar-refractivity contribution in [3.63, 3.8) is 0 Å². The van der Waals surface area contributed by atoms with Crippen LogP contribution in [0.4, 0.5) is 11.4 Å². The third-order valence-corrected chi connectivity index (χ3v) is 4.01. The number of nitrogens with one attached hydrogen (secondary N) is 2. The number of rotatable bonds is 8. The molecule has 0 saturated carbocycles. The van der Waals surface area contributed by atoms with Gasteiger partial charge in [0.15, 0.2) is 0 Å². The molecule has 0 aliphatic rings. The number of ether oxygens (including phenoxy) is 1. The Morgan fingerprint density at radius 3 is 2.04 bits per heavy atom. The molecule has 26 heavy (non-hydrogen) atoms. The highest BCUT2D eigenvalue weighted by Gasteiger charge is 2.12. The first-order valence-corrected chi connectivity index (χ1v) is 8.64. The fourth-order valence-electron chi connectivity index (χ4n) is 2.49. The second-order valence-electron chi connectivity index (χ2n) is 5.69. The maximum Gasteiger partial charge on any atom is 0.253 e. The lowest BCUT2D eigenvalue weighted by atomic mass is 10.1. The van der Waals surface area contributed by atoms with Crippen molar-refractivity contribution in [2.75, 3.05) is 37.4 Å². The van der Waals surface area contributed by atoms with E-state index < -0.39 is 0 Å². The van der Waals surface area contributed by atoms with E-state index >= 15 is 0 Å². The van der Waals surface area contributed by atoms with E-state index in [1.165, 1.54) is 0 Å². The van der Waals surface area contributed by atoms with Crippen LogP contribution in [0, 0.1) is 0 Å². The van der Waals surface area contributed by atoms with Gasteiger partial charge < -0.3 is 20.3 Å². The Kier molecular flexibility index (Phi) is 7.02. The average molecular weight is 355 g/mol. The predicted molar refractivity (Wildman–Crippen MR) is 104 cm³/mol. The van der Waals surface area contributed by atoms with Gasteiger partial charge in [-0.3, -0.25) is 9.59 Å². The molecule has 2 N–H and O–H groups in total. The second kappa shape index (κ2) is 9.46. The molecule has 6 heteroatoms. The number of nitrogens with zero attached hydrogens (tertiary/aromatic N) is 1. The third-order valence-electron chi connectivity index (χ3n) is 4.01. The molecule has 6 nitrogen and oxygen atoms in total. The van der Waals surface area contributed by atoms with E-state index in [0.717, 1.165) is 11.4 Å². The summed E-state index contributed by atoms with van der Waals surface area (Å²) in [5, 5.41) is 5.85. The van der Waals surface area contributed by atoms with Gasteiger partial charge in [0.05, 0.1) is 13.7 Å². The van der Waals surface area contributed by atoms with Gasteiger partial charge in [0.2, 0.25) is 5.91 Å². The summed E-state index contributed by atoms with van der Waals surface area (Å²) in [6.45, 7) is 5.39. The maximum atomic E-state index is 12.3. The molecule has 2 rings (SSSR count). The van der Waals surface area contributed by atoms with Crippen molar-refractivity contribution < 1.29 is 14.3 Å². The Hall–Kier alpha value is -3.02. The van der Waals surface area contributed by atoms with Gasteiger partial charge in [-0.15, -0.1) is 0 Å². The first-order valence-electron chi connectivity index (χ1n) is 8.64. The van der Waals surface area contributed by atoms with Crippen LogP contribution in [0.5, 0.6) is 5.75 Å². The Labute approximate surface area is 154 Å². The fraction of sp³-hybridized carbons (Fsp3) is 0.300. The summed E-state index contributed by atoms with van der Waals surface area (Å²) >= 11 is 0. The van der Waals surface area contributed by atoms with Crippen molar-refractivity contribution in [2.24, 2.45) is 0 Å². The minimum Gasteiger partial charge on any atom is -0.497 e. The molecule has 0 saturated heterocycles. The summed E-state index contributed by atoms with van der Waals surface area (Å²) in [6.07, 6.45) is 0. The number of anilines is 2. The first-order chi connectivity index (χ1) is 12.6. The standard InChI is InChI=1S/C20H25N3O3/c1-4-23(5-2)20(25)15-6-8-17(9-7-15)22-19(24)14-21-16-10-12-18(26-3)13-11-16/h6-13,21H,4-5,14H2,1-3H3,(H,22,24). The molecule has 0 atom stereocenters. The van der Waals surface area contributed by atoms with Crippen molar-refractivity contribution in [1.82, 2.24) is 4.90 Å². The molecular formula is C20H25N3O3. The van der Waals surface area contributed by atoms with Gasteiger partial charge in [0.25, 0.3) is 5.91 Å². The van der Waals surface area contributed by atoms with E-state index in [1.807, 2.05) is 38.1 Å². The molecule has 2 aromatic carbocycles. The van der Waals surface area contributed by atoms with E-state index in [0.29, 0.717) is 24.3 Å². The molecule has 0 heterocycles. The fourth-order valence-corrected chi connectivity index (χ4v) is 2.49. The number of hydrogen-bond acceptors (Lipinski definition) is 4. The molecule has 2 amide bonds. The minimum atomic E-state index is -0.163. The summed E-state index contributed by atoms with van der Waals surface area (Å²) in [5.41, 5.74) is 2.10. The Balaban J connectivity index is 1.87. The SMILES string of the molecule is CCN(CC)C(=O)c1ccc(NC(=O)CNc2ccc(OC)cc2)cc1. The highest BCUT2D eigenvalue weighted by Crippen LogP contribution is 2.15. The topological polar surface area (TPSA) is 70.7 Å². The normalized spacial score (nSPS) is 10.1. The minimum absolute atomic E-state index is 0.00551. The van der Waals surface area contributed by atoms with E-state index in [-0.39, 0.29) is 18.4 Å². The zero-order valence-electron chi connectivity index (χ0n) is 15.4. The molecule has 0 aliphatic carbocycles. The third kappa shape index (κ3) is 5.24. The molecule has 0 spiro atoms. The van der Waals surface area contributed by atoms with Gasteiger partial charge in [-0.05, 0) is 62.4 Å². The van der Waals surface area contributed by atoms with Crippen LogP contribution in [0.25, 0.3) is 0 Å². The van der Waals surface area contributed by atoms with E-state index in [1.54, 1.807) is 36.3 Å². The van der Waals surface area contributed by atoms with Gasteiger partial charge in [-0.25, -0.2) is 0 Å². The van der Waals surface area contributed by atoms with Crippen LogP contribution in [0.15, 0.2) is 48.5 Å². The van der Waals surface area contributed by atoms with Crippen LogP contribution < -0.4 is 15.4 Å². The molecule has 0 fully saturated rings. The van der Waals surface area contributed by atoms with Gasteiger partial charge in [-0.2, -0.15) is 0 Å². The summed E-state index contributed by atoms with van der Waals surface area (Å²) in [7, 11) is 1.61. The van der Waals surface area contributed by atoms with Crippen molar-refractivity contribution >= 4 is 23.2 Å². The predicted octanol–water partition coefficient (Wildman–Crippen LogP) is 3.23. The summed E-state index contributed by atoms with van der Waals surface area (Å²) in [5.74, 6) is 0.594. The lowest BCUT2D eigenvalue weighted by Gasteiger charge is -2.18. The number of hydrogen-bond donors (Lipinski definition) is 2. The highest BCUT2D eigenvalue weighted by atomic mass is 16.5.